The van der Waals surface area contributed by atoms with Gasteiger partial charge in [0.15, 0.2) is 0 Å². The Labute approximate surface area is 125 Å². The van der Waals surface area contributed by atoms with E-state index in [1.165, 1.54) is 18.2 Å². The number of halogens is 1. The molecule has 0 aliphatic heterocycles. The summed E-state index contributed by atoms with van der Waals surface area (Å²) in [6.07, 6.45) is 0. The lowest BCUT2D eigenvalue weighted by atomic mass is 10.1. The first-order valence-corrected chi connectivity index (χ1v) is 6.42. The zero-order valence-corrected chi connectivity index (χ0v) is 11.6. The van der Waals surface area contributed by atoms with Crippen LogP contribution in [0, 0.1) is 10.1 Å². The third-order valence-corrected chi connectivity index (χ3v) is 3.09. The molecule has 2 aromatic rings. The zero-order chi connectivity index (χ0) is 15.4. The maximum atomic E-state index is 12.1. The second-order valence-electron chi connectivity index (χ2n) is 4.30. The summed E-state index contributed by atoms with van der Waals surface area (Å²) in [6.45, 7) is 0. The van der Waals surface area contributed by atoms with E-state index in [-0.39, 0.29) is 16.4 Å². The molecule has 3 N–H and O–H groups in total. The summed E-state index contributed by atoms with van der Waals surface area (Å²) in [7, 11) is 0. The van der Waals surface area contributed by atoms with Crippen molar-refractivity contribution in [1.82, 2.24) is 0 Å². The molecule has 0 unspecified atom stereocenters. The molecule has 2 aromatic carbocycles. The summed E-state index contributed by atoms with van der Waals surface area (Å²) in [5.74, 6) is -0.549. The third-order valence-electron chi connectivity index (χ3n) is 2.85. The number of hydrogen-bond acceptors (Lipinski definition) is 4. The van der Waals surface area contributed by atoms with Crippen molar-refractivity contribution in [2.45, 2.75) is 6.04 Å². The number of amides is 1. The second kappa shape index (κ2) is 6.34. The van der Waals surface area contributed by atoms with Crippen LogP contribution in [0.5, 0.6) is 0 Å². The number of nitrogens with zero attached hydrogens (tertiary/aromatic N) is 1. The van der Waals surface area contributed by atoms with Gasteiger partial charge in [-0.15, -0.1) is 0 Å². The molecule has 0 fully saturated rings. The van der Waals surface area contributed by atoms with E-state index < -0.39 is 16.9 Å². The van der Waals surface area contributed by atoms with E-state index in [1.807, 2.05) is 0 Å². The Balaban J connectivity index is 2.24. The number of carbonyl (C=O) groups is 1. The molecule has 1 amide bonds. The number of nitro groups is 1. The lowest BCUT2D eigenvalue weighted by Gasteiger charge is -2.12. The van der Waals surface area contributed by atoms with E-state index in [0.29, 0.717) is 5.56 Å². The van der Waals surface area contributed by atoms with Gasteiger partial charge in [0.1, 0.15) is 11.7 Å². The minimum Gasteiger partial charge on any atom is -0.319 e. The van der Waals surface area contributed by atoms with Crippen LogP contribution in [-0.4, -0.2) is 10.8 Å². The van der Waals surface area contributed by atoms with Crippen molar-refractivity contribution >= 4 is 28.9 Å². The summed E-state index contributed by atoms with van der Waals surface area (Å²) in [5, 5.41) is 13.7. The molecule has 0 saturated heterocycles. The van der Waals surface area contributed by atoms with E-state index in [0.717, 1.165) is 0 Å². The number of benzene rings is 2. The normalized spacial score (nSPS) is 11.7. The highest BCUT2D eigenvalue weighted by Gasteiger charge is 2.20. The number of anilines is 1. The van der Waals surface area contributed by atoms with Gasteiger partial charge in [0.25, 0.3) is 5.69 Å². The fourth-order valence-corrected chi connectivity index (χ4v) is 1.96. The van der Waals surface area contributed by atoms with Crippen LogP contribution in [0.4, 0.5) is 11.4 Å². The van der Waals surface area contributed by atoms with Crippen LogP contribution in [0.1, 0.15) is 11.6 Å². The monoisotopic (exact) mass is 305 g/mol. The molecule has 2 rings (SSSR count). The van der Waals surface area contributed by atoms with Gasteiger partial charge >= 0.3 is 0 Å². The van der Waals surface area contributed by atoms with E-state index in [9.17, 15) is 14.9 Å². The van der Waals surface area contributed by atoms with Crippen LogP contribution in [0.25, 0.3) is 0 Å². The molecule has 7 heteroatoms. The number of nitrogens with two attached hydrogens (primary N) is 1. The third kappa shape index (κ3) is 3.56. The van der Waals surface area contributed by atoms with Gasteiger partial charge in [-0.3, -0.25) is 14.9 Å². The molecule has 108 valence electrons. The fraction of sp³-hybridized carbons (Fsp3) is 0.0714. The van der Waals surface area contributed by atoms with Crippen LogP contribution in [0.3, 0.4) is 0 Å². The van der Waals surface area contributed by atoms with Crippen LogP contribution in [0.2, 0.25) is 5.02 Å². The highest BCUT2D eigenvalue weighted by atomic mass is 35.5. The van der Waals surface area contributed by atoms with E-state index >= 15 is 0 Å². The van der Waals surface area contributed by atoms with Crippen molar-refractivity contribution in [3.05, 3.63) is 69.2 Å². The Morgan fingerprint density at radius 3 is 2.52 bits per heavy atom. The Hall–Kier alpha value is -2.44. The lowest BCUT2D eigenvalue weighted by Crippen LogP contribution is -2.27. The Morgan fingerprint density at radius 1 is 1.24 bits per heavy atom. The van der Waals surface area contributed by atoms with Crippen molar-refractivity contribution < 1.29 is 9.72 Å². The molecule has 0 aliphatic rings. The highest BCUT2D eigenvalue weighted by molar-refractivity contribution is 6.31. The van der Waals surface area contributed by atoms with Gasteiger partial charge < -0.3 is 11.1 Å². The second-order valence-corrected chi connectivity index (χ2v) is 4.73. The number of carbonyl (C=O) groups excluding carboxylic acids is 1. The lowest BCUT2D eigenvalue weighted by molar-refractivity contribution is -0.383. The summed E-state index contributed by atoms with van der Waals surface area (Å²) in [6, 6.07) is 11.7. The van der Waals surface area contributed by atoms with Crippen molar-refractivity contribution in [2.75, 3.05) is 5.32 Å². The standard InChI is InChI=1S/C14H12ClN3O3/c15-10-6-7-12(18(20)21)11(8-10)17-14(19)13(16)9-4-2-1-3-5-9/h1-8,13H,16H2,(H,17,19)/t13-/m1/s1. The van der Waals surface area contributed by atoms with Gasteiger partial charge in [-0.1, -0.05) is 41.9 Å². The largest absolute Gasteiger partial charge is 0.319 e. The first kappa shape index (κ1) is 15.0. The molecule has 0 radical (unpaired) electrons. The smallest absolute Gasteiger partial charge is 0.292 e. The quantitative estimate of drug-likeness (QED) is 0.670. The van der Waals surface area contributed by atoms with Gasteiger partial charge in [-0.25, -0.2) is 0 Å². The van der Waals surface area contributed by atoms with Crippen molar-refractivity contribution in [3.63, 3.8) is 0 Å². The molecule has 6 nitrogen and oxygen atoms in total. The number of nitrogens with one attached hydrogen (secondary N) is 1. The Bertz CT molecular complexity index is 676. The van der Waals surface area contributed by atoms with Crippen LogP contribution in [0.15, 0.2) is 48.5 Å². The van der Waals surface area contributed by atoms with Crippen LogP contribution in [-0.2, 0) is 4.79 Å². The van der Waals surface area contributed by atoms with Gasteiger partial charge in [0.05, 0.1) is 4.92 Å². The molecular formula is C14H12ClN3O3. The SMILES string of the molecule is N[C@@H](C(=O)Nc1cc(Cl)ccc1[N+](=O)[O-])c1ccccc1. The molecule has 0 aromatic heterocycles. The molecule has 0 bridgehead atoms. The first-order chi connectivity index (χ1) is 9.99. The summed E-state index contributed by atoms with van der Waals surface area (Å²) < 4.78 is 0. The summed E-state index contributed by atoms with van der Waals surface area (Å²) >= 11 is 5.80. The average Bonchev–Trinajstić information content (AvgIpc) is 2.47. The molecular weight excluding hydrogens is 294 g/mol. The van der Waals surface area contributed by atoms with Gasteiger partial charge in [0, 0.05) is 11.1 Å². The predicted octanol–water partition coefficient (Wildman–Crippen LogP) is 2.89. The predicted molar refractivity (Wildman–Crippen MR) is 80.1 cm³/mol. The zero-order valence-electron chi connectivity index (χ0n) is 10.8. The van der Waals surface area contributed by atoms with E-state index in [4.69, 9.17) is 17.3 Å². The average molecular weight is 306 g/mol. The minimum atomic E-state index is -0.926. The molecule has 0 saturated carbocycles. The molecule has 21 heavy (non-hydrogen) atoms. The van der Waals surface area contributed by atoms with E-state index in [2.05, 4.69) is 5.32 Å². The molecule has 0 spiro atoms. The minimum absolute atomic E-state index is 0.0175. The van der Waals surface area contributed by atoms with Gasteiger partial charge in [-0.2, -0.15) is 0 Å². The molecule has 0 heterocycles. The topological polar surface area (TPSA) is 98.3 Å². The Kier molecular flexibility index (Phi) is 4.52. The number of hydrogen-bond donors (Lipinski definition) is 2. The van der Waals surface area contributed by atoms with E-state index in [1.54, 1.807) is 30.3 Å². The summed E-state index contributed by atoms with van der Waals surface area (Å²) in [5.41, 5.74) is 6.22. The van der Waals surface area contributed by atoms with Crippen molar-refractivity contribution in [1.29, 1.82) is 0 Å². The fourth-order valence-electron chi connectivity index (χ4n) is 1.79. The molecule has 0 aliphatic carbocycles. The van der Waals surface area contributed by atoms with Gasteiger partial charge in [0.2, 0.25) is 5.91 Å². The first-order valence-electron chi connectivity index (χ1n) is 6.04. The molecule has 1 atom stereocenters. The van der Waals surface area contributed by atoms with Crippen LogP contribution >= 0.6 is 11.6 Å². The van der Waals surface area contributed by atoms with Gasteiger partial charge in [-0.05, 0) is 17.7 Å². The number of nitro benzene ring substituents is 1. The maximum absolute atomic E-state index is 12.1. The van der Waals surface area contributed by atoms with Crippen molar-refractivity contribution in [3.8, 4) is 0 Å². The highest BCUT2D eigenvalue weighted by Crippen LogP contribution is 2.28. The van der Waals surface area contributed by atoms with Crippen molar-refractivity contribution in [2.24, 2.45) is 5.73 Å². The maximum Gasteiger partial charge on any atom is 0.292 e. The Morgan fingerprint density at radius 2 is 1.90 bits per heavy atom. The van der Waals surface area contributed by atoms with Crippen LogP contribution < -0.4 is 11.1 Å². The number of rotatable bonds is 4. The summed E-state index contributed by atoms with van der Waals surface area (Å²) in [4.78, 5) is 22.4.